The molecule has 0 radical (unpaired) electrons. The minimum Gasteiger partial charge on any atom is -0.452 e. The number of carbonyl (C=O) groups excluding carboxylic acids is 2. The van der Waals surface area contributed by atoms with Crippen molar-refractivity contribution in [3.8, 4) is 0 Å². The Morgan fingerprint density at radius 3 is 2.43 bits per heavy atom. The van der Waals surface area contributed by atoms with Crippen molar-refractivity contribution in [1.29, 1.82) is 0 Å². The average Bonchev–Trinajstić information content (AvgIpc) is 2.88. The van der Waals surface area contributed by atoms with Crippen LogP contribution in [-0.4, -0.2) is 40.5 Å². The molecule has 0 spiro atoms. The lowest BCUT2D eigenvalue weighted by Gasteiger charge is -2.30. The summed E-state index contributed by atoms with van der Waals surface area (Å²) in [5.74, 6) is -0.583. The number of aryl methyl sites for hydroxylation is 1. The number of aromatic nitrogens is 1. The predicted octanol–water partition coefficient (Wildman–Crippen LogP) is 4.31. The van der Waals surface area contributed by atoms with Gasteiger partial charge in [-0.3, -0.25) is 9.78 Å². The van der Waals surface area contributed by atoms with Crippen LogP contribution in [0.4, 0.5) is 0 Å². The summed E-state index contributed by atoms with van der Waals surface area (Å²) in [5.41, 5.74) is 3.40. The number of amides is 1. The number of hydrogen-bond acceptors (Lipinski definition) is 4. The molecule has 0 bridgehead atoms. The van der Waals surface area contributed by atoms with Crippen molar-refractivity contribution in [2.24, 2.45) is 0 Å². The van der Waals surface area contributed by atoms with E-state index in [0.717, 1.165) is 54.3 Å². The fourth-order valence-electron chi connectivity index (χ4n) is 4.23. The maximum atomic E-state index is 13.1. The van der Waals surface area contributed by atoms with Crippen molar-refractivity contribution in [3.05, 3.63) is 41.1 Å². The van der Waals surface area contributed by atoms with E-state index in [9.17, 15) is 9.59 Å². The van der Waals surface area contributed by atoms with Crippen LogP contribution < -0.4 is 0 Å². The van der Waals surface area contributed by atoms with Gasteiger partial charge in [-0.05, 0) is 65.0 Å². The summed E-state index contributed by atoms with van der Waals surface area (Å²) in [4.78, 5) is 32.2. The Morgan fingerprint density at radius 2 is 1.71 bits per heavy atom. The second kappa shape index (κ2) is 8.72. The Bertz CT molecular complexity index is 866. The third kappa shape index (κ3) is 4.18. The first-order chi connectivity index (χ1) is 13.4. The number of esters is 1. The average molecular weight is 383 g/mol. The number of rotatable bonds is 5. The first-order valence-corrected chi connectivity index (χ1v) is 10.3. The van der Waals surface area contributed by atoms with Crippen molar-refractivity contribution in [3.63, 3.8) is 0 Å². The van der Waals surface area contributed by atoms with Gasteiger partial charge in [0, 0.05) is 23.2 Å². The highest BCUT2D eigenvalue weighted by Gasteiger charge is 2.25. The van der Waals surface area contributed by atoms with Crippen molar-refractivity contribution in [2.75, 3.05) is 6.61 Å². The number of para-hydroxylation sites is 1. The Balaban J connectivity index is 1.91. The van der Waals surface area contributed by atoms with Gasteiger partial charge in [0.1, 0.15) is 0 Å². The summed E-state index contributed by atoms with van der Waals surface area (Å²) in [6, 6.07) is 7.81. The number of hydrogen-bond donors (Lipinski definition) is 0. The predicted molar refractivity (Wildman–Crippen MR) is 110 cm³/mol. The molecular formula is C23H30N2O3. The molecule has 150 valence electrons. The lowest BCUT2D eigenvalue weighted by Crippen LogP contribution is -2.44. The smallest absolute Gasteiger partial charge is 0.339 e. The molecule has 1 amide bonds. The monoisotopic (exact) mass is 382 g/mol. The van der Waals surface area contributed by atoms with Crippen LogP contribution in [-0.2, 0) is 22.4 Å². The zero-order valence-electron chi connectivity index (χ0n) is 17.3. The minimum absolute atomic E-state index is 0.0595. The first kappa shape index (κ1) is 20.3. The van der Waals surface area contributed by atoms with Gasteiger partial charge in [0.2, 0.25) is 0 Å². The lowest BCUT2D eigenvalue weighted by molar-refractivity contribution is -0.138. The number of carbonyl (C=O) groups is 2. The van der Waals surface area contributed by atoms with Crippen LogP contribution in [0.2, 0.25) is 0 Å². The second-order valence-electron chi connectivity index (χ2n) is 8.05. The van der Waals surface area contributed by atoms with Gasteiger partial charge in [-0.1, -0.05) is 24.6 Å². The maximum absolute atomic E-state index is 13.1. The molecule has 1 aliphatic carbocycles. The molecule has 3 rings (SSSR count). The topological polar surface area (TPSA) is 59.5 Å². The number of ether oxygens (including phenoxy) is 1. The summed E-state index contributed by atoms with van der Waals surface area (Å²) >= 11 is 0. The van der Waals surface area contributed by atoms with E-state index in [4.69, 9.17) is 9.72 Å². The van der Waals surface area contributed by atoms with E-state index in [2.05, 4.69) is 0 Å². The van der Waals surface area contributed by atoms with Crippen LogP contribution in [0.15, 0.2) is 24.3 Å². The largest absolute Gasteiger partial charge is 0.452 e. The molecule has 0 aliphatic heterocycles. The fraction of sp³-hybridized carbons (Fsp3) is 0.522. The highest BCUT2D eigenvalue weighted by Crippen LogP contribution is 2.29. The Hall–Kier alpha value is -2.43. The zero-order valence-corrected chi connectivity index (χ0v) is 17.3. The molecule has 2 aromatic rings. The summed E-state index contributed by atoms with van der Waals surface area (Å²) in [6.45, 7) is 7.64. The first-order valence-electron chi connectivity index (χ1n) is 10.3. The highest BCUT2D eigenvalue weighted by molar-refractivity contribution is 6.05. The van der Waals surface area contributed by atoms with E-state index in [1.165, 1.54) is 0 Å². The SMILES string of the molecule is CC(C)N(C(=O)COC(=O)c1c2c(nc3ccccc13)CCCCC2)C(C)C. The van der Waals surface area contributed by atoms with Gasteiger partial charge in [-0.2, -0.15) is 0 Å². The zero-order chi connectivity index (χ0) is 20.3. The third-order valence-electron chi connectivity index (χ3n) is 5.35. The molecule has 1 aromatic heterocycles. The van der Waals surface area contributed by atoms with Crippen LogP contribution in [0.25, 0.3) is 10.9 Å². The van der Waals surface area contributed by atoms with Crippen molar-refractivity contribution >= 4 is 22.8 Å². The van der Waals surface area contributed by atoms with E-state index in [0.29, 0.717) is 5.56 Å². The molecule has 28 heavy (non-hydrogen) atoms. The maximum Gasteiger partial charge on any atom is 0.339 e. The van der Waals surface area contributed by atoms with Gasteiger partial charge in [-0.15, -0.1) is 0 Å². The third-order valence-corrected chi connectivity index (χ3v) is 5.35. The van der Waals surface area contributed by atoms with Crippen LogP contribution >= 0.6 is 0 Å². The molecular weight excluding hydrogens is 352 g/mol. The molecule has 1 aliphatic rings. The van der Waals surface area contributed by atoms with Crippen molar-refractivity contribution in [1.82, 2.24) is 9.88 Å². The summed E-state index contributed by atoms with van der Waals surface area (Å²) < 4.78 is 5.53. The van der Waals surface area contributed by atoms with E-state index in [-0.39, 0.29) is 24.6 Å². The quantitative estimate of drug-likeness (QED) is 0.571. The molecule has 1 heterocycles. The van der Waals surface area contributed by atoms with E-state index in [1.807, 2.05) is 52.0 Å². The number of fused-ring (bicyclic) bond motifs is 2. The second-order valence-corrected chi connectivity index (χ2v) is 8.05. The molecule has 0 atom stereocenters. The summed E-state index contributed by atoms with van der Waals surface area (Å²) in [6.07, 6.45) is 4.98. The summed E-state index contributed by atoms with van der Waals surface area (Å²) in [7, 11) is 0. The molecule has 5 heteroatoms. The molecule has 1 aromatic carbocycles. The van der Waals surface area contributed by atoms with E-state index < -0.39 is 5.97 Å². The van der Waals surface area contributed by atoms with Crippen molar-refractivity contribution < 1.29 is 14.3 Å². The van der Waals surface area contributed by atoms with E-state index in [1.54, 1.807) is 4.90 Å². The number of nitrogens with zero attached hydrogens (tertiary/aromatic N) is 2. The molecule has 0 saturated carbocycles. The number of pyridine rings is 1. The van der Waals surface area contributed by atoms with Crippen LogP contribution in [0.5, 0.6) is 0 Å². The fourth-order valence-corrected chi connectivity index (χ4v) is 4.23. The molecule has 0 fully saturated rings. The molecule has 5 nitrogen and oxygen atoms in total. The Labute approximate surface area is 167 Å². The van der Waals surface area contributed by atoms with Crippen LogP contribution in [0.3, 0.4) is 0 Å². The van der Waals surface area contributed by atoms with Crippen LogP contribution in [0.1, 0.15) is 68.6 Å². The molecule has 0 N–H and O–H groups in total. The van der Waals surface area contributed by atoms with Gasteiger partial charge in [0.05, 0.1) is 11.1 Å². The minimum atomic E-state index is -0.419. The molecule has 0 unspecified atom stereocenters. The number of benzene rings is 1. The highest BCUT2D eigenvalue weighted by atomic mass is 16.5. The molecule has 0 saturated heterocycles. The summed E-state index contributed by atoms with van der Waals surface area (Å²) in [5, 5.41) is 0.810. The van der Waals surface area contributed by atoms with Crippen molar-refractivity contribution in [2.45, 2.75) is 71.9 Å². The van der Waals surface area contributed by atoms with Gasteiger partial charge in [0.25, 0.3) is 5.91 Å². The Morgan fingerprint density at radius 1 is 1.04 bits per heavy atom. The van der Waals surface area contributed by atoms with Gasteiger partial charge >= 0.3 is 5.97 Å². The van der Waals surface area contributed by atoms with Gasteiger partial charge in [0.15, 0.2) is 6.61 Å². The normalized spacial score (nSPS) is 14.1. The Kier molecular flexibility index (Phi) is 6.32. The lowest BCUT2D eigenvalue weighted by atomic mass is 9.97. The van der Waals surface area contributed by atoms with Crippen LogP contribution in [0, 0.1) is 0 Å². The van der Waals surface area contributed by atoms with E-state index >= 15 is 0 Å². The standard InChI is InChI=1S/C23H30N2O3/c1-15(2)25(16(3)4)21(26)14-28-23(27)22-17-10-6-5-7-12-19(17)24-20-13-9-8-11-18(20)22/h8-9,11,13,15-16H,5-7,10,12,14H2,1-4H3. The van der Waals surface area contributed by atoms with Gasteiger partial charge < -0.3 is 9.64 Å². The van der Waals surface area contributed by atoms with Gasteiger partial charge in [-0.25, -0.2) is 4.79 Å².